The largest absolute Gasteiger partial charge is 0.481 e. The number of hydrogen-bond donors (Lipinski definition) is 1. The summed E-state index contributed by atoms with van der Waals surface area (Å²) >= 11 is 0. The highest BCUT2D eigenvalue weighted by atomic mass is 16.4. The first kappa shape index (κ1) is 24.0. The van der Waals surface area contributed by atoms with Gasteiger partial charge in [-0.15, -0.1) is 13.2 Å². The Morgan fingerprint density at radius 3 is 1.80 bits per heavy atom. The third-order valence-electron chi connectivity index (χ3n) is 2.51. The van der Waals surface area contributed by atoms with Gasteiger partial charge in [0.15, 0.2) is 0 Å². The van der Waals surface area contributed by atoms with Crippen molar-refractivity contribution in [2.75, 3.05) is 0 Å². The number of carboxylic acids is 1. The van der Waals surface area contributed by atoms with Crippen LogP contribution in [0.4, 0.5) is 0 Å². The summed E-state index contributed by atoms with van der Waals surface area (Å²) in [6.45, 7) is 13.2. The van der Waals surface area contributed by atoms with E-state index in [9.17, 15) is 4.79 Å². The van der Waals surface area contributed by atoms with Gasteiger partial charge in [0.2, 0.25) is 0 Å². The van der Waals surface area contributed by atoms with Crippen LogP contribution in [0, 0.1) is 0 Å². The smallest absolute Gasteiger partial charge is 0.303 e. The van der Waals surface area contributed by atoms with E-state index in [0.717, 1.165) is 12.8 Å². The van der Waals surface area contributed by atoms with Gasteiger partial charge < -0.3 is 5.11 Å². The Morgan fingerprint density at radius 2 is 1.40 bits per heavy atom. The molecular weight excluding hydrogens is 248 g/mol. The van der Waals surface area contributed by atoms with Crippen LogP contribution in [0.15, 0.2) is 25.3 Å². The van der Waals surface area contributed by atoms with Gasteiger partial charge in [0.1, 0.15) is 0 Å². The van der Waals surface area contributed by atoms with Gasteiger partial charge in [-0.25, -0.2) is 0 Å². The van der Waals surface area contributed by atoms with E-state index >= 15 is 0 Å². The molecule has 0 fully saturated rings. The molecular formula is C18H36O2. The average molecular weight is 284 g/mol. The lowest BCUT2D eigenvalue weighted by molar-refractivity contribution is -0.137. The second-order valence-corrected chi connectivity index (χ2v) is 4.75. The standard InChI is InChI=1S/C8H16O2.C7H14.C3H6/c1-2-3-4-5-6-7-8(9)10;1-3-5-7-6-4-2;1-3-2/h2-7H2,1H3,(H,9,10);3H,1,4-7H2,2H3;3H,1H2,2H3. The molecule has 0 spiro atoms. The van der Waals surface area contributed by atoms with Crippen molar-refractivity contribution in [3.8, 4) is 0 Å². The van der Waals surface area contributed by atoms with Crippen LogP contribution in [-0.2, 0) is 4.79 Å². The van der Waals surface area contributed by atoms with Crippen molar-refractivity contribution in [1.29, 1.82) is 0 Å². The van der Waals surface area contributed by atoms with Crippen LogP contribution in [-0.4, -0.2) is 11.1 Å². The summed E-state index contributed by atoms with van der Waals surface area (Å²) in [5, 5.41) is 8.27. The van der Waals surface area contributed by atoms with Crippen molar-refractivity contribution >= 4 is 5.97 Å². The Hall–Kier alpha value is -1.05. The van der Waals surface area contributed by atoms with Crippen LogP contribution in [0.2, 0.25) is 0 Å². The van der Waals surface area contributed by atoms with Gasteiger partial charge in [0.25, 0.3) is 0 Å². The topological polar surface area (TPSA) is 37.3 Å². The fourth-order valence-electron chi connectivity index (χ4n) is 1.42. The number of carboxylic acid groups (broad SMARTS) is 1. The van der Waals surface area contributed by atoms with Gasteiger partial charge in [-0.05, 0) is 26.2 Å². The predicted octanol–water partition coefficient (Wildman–Crippen LogP) is 6.38. The second kappa shape index (κ2) is 26.5. The van der Waals surface area contributed by atoms with Crippen molar-refractivity contribution < 1.29 is 9.90 Å². The Morgan fingerprint density at radius 1 is 0.950 bits per heavy atom. The minimum absolute atomic E-state index is 0.337. The van der Waals surface area contributed by atoms with E-state index in [2.05, 4.69) is 27.0 Å². The Balaban J connectivity index is -0.000000251. The van der Waals surface area contributed by atoms with Crippen LogP contribution >= 0.6 is 0 Å². The molecule has 0 rings (SSSR count). The second-order valence-electron chi connectivity index (χ2n) is 4.75. The molecule has 20 heavy (non-hydrogen) atoms. The molecule has 0 atom stereocenters. The summed E-state index contributed by atoms with van der Waals surface area (Å²) in [7, 11) is 0. The van der Waals surface area contributed by atoms with E-state index in [1.807, 2.05) is 13.0 Å². The molecule has 0 heterocycles. The summed E-state index contributed by atoms with van der Waals surface area (Å²) in [6.07, 6.45) is 14.8. The average Bonchev–Trinajstić information content (AvgIpc) is 2.40. The van der Waals surface area contributed by atoms with Crippen LogP contribution in [0.1, 0.15) is 85.0 Å². The number of unbranched alkanes of at least 4 members (excludes halogenated alkanes) is 7. The van der Waals surface area contributed by atoms with Gasteiger partial charge in [-0.2, -0.15) is 0 Å². The maximum atomic E-state index is 10.0. The lowest BCUT2D eigenvalue weighted by atomic mass is 10.1. The zero-order valence-electron chi connectivity index (χ0n) is 14.0. The van der Waals surface area contributed by atoms with E-state index in [-0.39, 0.29) is 0 Å². The molecule has 0 saturated carbocycles. The lowest BCUT2D eigenvalue weighted by Gasteiger charge is -1.95. The van der Waals surface area contributed by atoms with Crippen molar-refractivity contribution in [2.45, 2.75) is 85.0 Å². The Bertz CT molecular complexity index is 198. The first-order chi connectivity index (χ1) is 9.60. The van der Waals surface area contributed by atoms with Crippen molar-refractivity contribution in [3.05, 3.63) is 25.3 Å². The zero-order valence-corrected chi connectivity index (χ0v) is 14.0. The molecule has 0 aromatic carbocycles. The maximum absolute atomic E-state index is 10.0. The molecule has 0 aliphatic carbocycles. The normalized spacial score (nSPS) is 8.55. The number of carbonyl (C=O) groups is 1. The molecule has 0 bridgehead atoms. The molecule has 2 nitrogen and oxygen atoms in total. The summed E-state index contributed by atoms with van der Waals surface area (Å²) in [4.78, 5) is 10.0. The first-order valence-electron chi connectivity index (χ1n) is 8.00. The molecule has 0 aromatic rings. The monoisotopic (exact) mass is 284 g/mol. The minimum Gasteiger partial charge on any atom is -0.481 e. The van der Waals surface area contributed by atoms with E-state index in [0.29, 0.717) is 6.42 Å². The highest BCUT2D eigenvalue weighted by molar-refractivity contribution is 5.66. The third-order valence-corrected chi connectivity index (χ3v) is 2.51. The number of aliphatic carboxylic acids is 1. The van der Waals surface area contributed by atoms with Crippen LogP contribution in [0.5, 0.6) is 0 Å². The van der Waals surface area contributed by atoms with Gasteiger partial charge in [-0.3, -0.25) is 4.79 Å². The third kappa shape index (κ3) is 43.6. The molecule has 2 heteroatoms. The SMILES string of the molecule is C=CC.C=CCCCCC.CCCCCCCC(=O)O. The summed E-state index contributed by atoms with van der Waals surface area (Å²) in [5.74, 6) is -0.670. The number of hydrogen-bond acceptors (Lipinski definition) is 1. The van der Waals surface area contributed by atoms with Crippen molar-refractivity contribution in [3.63, 3.8) is 0 Å². The summed E-state index contributed by atoms with van der Waals surface area (Å²) in [6, 6.07) is 0. The van der Waals surface area contributed by atoms with Crippen LogP contribution in [0.3, 0.4) is 0 Å². The van der Waals surface area contributed by atoms with E-state index < -0.39 is 5.97 Å². The van der Waals surface area contributed by atoms with Crippen molar-refractivity contribution in [1.82, 2.24) is 0 Å². The van der Waals surface area contributed by atoms with Gasteiger partial charge in [0.05, 0.1) is 0 Å². The van der Waals surface area contributed by atoms with Crippen molar-refractivity contribution in [2.24, 2.45) is 0 Å². The highest BCUT2D eigenvalue weighted by Crippen LogP contribution is 2.04. The van der Waals surface area contributed by atoms with E-state index in [1.54, 1.807) is 6.08 Å². The number of allylic oxidation sites excluding steroid dienone is 2. The Labute approximate surface area is 127 Å². The van der Waals surface area contributed by atoms with Crippen LogP contribution < -0.4 is 0 Å². The number of rotatable bonds is 10. The van der Waals surface area contributed by atoms with E-state index in [4.69, 9.17) is 5.11 Å². The molecule has 0 amide bonds. The molecule has 0 aromatic heterocycles. The molecule has 0 saturated heterocycles. The van der Waals surface area contributed by atoms with Gasteiger partial charge in [-0.1, -0.05) is 64.5 Å². The molecule has 0 aliphatic heterocycles. The van der Waals surface area contributed by atoms with E-state index in [1.165, 1.54) is 44.9 Å². The fraction of sp³-hybridized carbons (Fsp3) is 0.722. The predicted molar refractivity (Wildman–Crippen MR) is 91.2 cm³/mol. The quantitative estimate of drug-likeness (QED) is 0.373. The zero-order chi connectivity index (χ0) is 16.1. The Kier molecular flexibility index (Phi) is 31.8. The first-order valence-corrected chi connectivity index (χ1v) is 8.00. The summed E-state index contributed by atoms with van der Waals surface area (Å²) in [5.41, 5.74) is 0. The fourth-order valence-corrected chi connectivity index (χ4v) is 1.42. The minimum atomic E-state index is -0.670. The molecule has 0 aliphatic rings. The molecule has 1 N–H and O–H groups in total. The maximum Gasteiger partial charge on any atom is 0.303 e. The van der Waals surface area contributed by atoms with Gasteiger partial charge in [0, 0.05) is 6.42 Å². The highest BCUT2D eigenvalue weighted by Gasteiger charge is 1.94. The van der Waals surface area contributed by atoms with Crippen LogP contribution in [0.25, 0.3) is 0 Å². The molecule has 0 radical (unpaired) electrons. The van der Waals surface area contributed by atoms with Gasteiger partial charge >= 0.3 is 5.97 Å². The molecule has 120 valence electrons. The lowest BCUT2D eigenvalue weighted by Crippen LogP contribution is -1.93. The molecule has 0 unspecified atom stereocenters. The summed E-state index contributed by atoms with van der Waals surface area (Å²) < 4.78 is 0.